The molecule has 152 valence electrons. The summed E-state index contributed by atoms with van der Waals surface area (Å²) < 4.78 is 10.9. The molecule has 4 rings (SSSR count). The third-order valence-electron chi connectivity index (χ3n) is 5.41. The lowest BCUT2D eigenvalue weighted by Crippen LogP contribution is -2.37. The highest BCUT2D eigenvalue weighted by molar-refractivity contribution is 6.06. The van der Waals surface area contributed by atoms with E-state index in [0.717, 1.165) is 37.2 Å². The molecular weight excluding hydrogens is 372 g/mol. The minimum Gasteiger partial charge on any atom is -0.497 e. The zero-order valence-electron chi connectivity index (χ0n) is 16.5. The van der Waals surface area contributed by atoms with Gasteiger partial charge in [-0.25, -0.2) is 4.98 Å². The number of ether oxygens (including phenoxy) is 1. The Morgan fingerprint density at radius 3 is 2.93 bits per heavy atom. The van der Waals surface area contributed by atoms with Crippen molar-refractivity contribution in [3.63, 3.8) is 0 Å². The molecule has 1 fully saturated rings. The Labute approximate surface area is 167 Å². The number of hydrogen-bond donors (Lipinski definition) is 2. The average Bonchev–Trinajstić information content (AvgIpc) is 3.36. The second-order valence-corrected chi connectivity index (χ2v) is 7.19. The van der Waals surface area contributed by atoms with E-state index < -0.39 is 0 Å². The second kappa shape index (κ2) is 8.08. The van der Waals surface area contributed by atoms with Crippen LogP contribution in [0.1, 0.15) is 40.6 Å². The molecule has 1 aromatic carbocycles. The van der Waals surface area contributed by atoms with Crippen molar-refractivity contribution in [1.82, 2.24) is 20.2 Å². The van der Waals surface area contributed by atoms with Crippen molar-refractivity contribution in [2.24, 2.45) is 0 Å². The molecular formula is C21H24N4O4. The van der Waals surface area contributed by atoms with Crippen LogP contribution in [0, 0.1) is 6.92 Å². The zero-order chi connectivity index (χ0) is 20.4. The summed E-state index contributed by atoms with van der Waals surface area (Å²) in [6.45, 7) is 4.04. The van der Waals surface area contributed by atoms with Crippen LogP contribution in [0.2, 0.25) is 0 Å². The predicted molar refractivity (Wildman–Crippen MR) is 108 cm³/mol. The summed E-state index contributed by atoms with van der Waals surface area (Å²) in [7, 11) is 1.64. The second-order valence-electron chi connectivity index (χ2n) is 7.19. The van der Waals surface area contributed by atoms with Crippen LogP contribution in [0.4, 0.5) is 0 Å². The highest BCUT2D eigenvalue weighted by Crippen LogP contribution is 2.27. The molecule has 0 bridgehead atoms. The van der Waals surface area contributed by atoms with Crippen molar-refractivity contribution in [1.29, 1.82) is 0 Å². The summed E-state index contributed by atoms with van der Waals surface area (Å²) >= 11 is 0. The van der Waals surface area contributed by atoms with E-state index >= 15 is 0 Å². The van der Waals surface area contributed by atoms with Crippen LogP contribution >= 0.6 is 0 Å². The number of carbonyl (C=O) groups is 1. The molecule has 1 unspecified atom stereocenters. The van der Waals surface area contributed by atoms with E-state index in [2.05, 4.69) is 20.2 Å². The number of amides is 1. The zero-order valence-corrected chi connectivity index (χ0v) is 16.5. The number of likely N-dealkylation sites (tertiary alicyclic amines) is 1. The maximum absolute atomic E-state index is 13.0. The van der Waals surface area contributed by atoms with Crippen molar-refractivity contribution in [2.75, 3.05) is 26.7 Å². The van der Waals surface area contributed by atoms with Crippen molar-refractivity contribution in [3.05, 3.63) is 57.8 Å². The lowest BCUT2D eigenvalue weighted by Gasteiger charge is -2.28. The third-order valence-corrected chi connectivity index (χ3v) is 5.41. The highest BCUT2D eigenvalue weighted by atomic mass is 16.5. The number of H-pyrrole nitrogens is 1. The van der Waals surface area contributed by atoms with Crippen molar-refractivity contribution < 1.29 is 13.9 Å². The number of aromatic amines is 1. The number of rotatable bonds is 6. The molecule has 1 atom stereocenters. The molecule has 1 aliphatic rings. The van der Waals surface area contributed by atoms with E-state index in [1.807, 2.05) is 24.3 Å². The van der Waals surface area contributed by atoms with Gasteiger partial charge in [0.15, 0.2) is 0 Å². The number of methoxy groups -OCH3 is 1. The highest BCUT2D eigenvalue weighted by Gasteiger charge is 2.26. The summed E-state index contributed by atoms with van der Waals surface area (Å²) in [6, 6.07) is 7.93. The Kier molecular flexibility index (Phi) is 5.35. The number of nitrogens with zero attached hydrogens (tertiary/aromatic N) is 2. The maximum atomic E-state index is 13.0. The molecule has 29 heavy (non-hydrogen) atoms. The van der Waals surface area contributed by atoms with Crippen LogP contribution < -0.4 is 15.6 Å². The average molecular weight is 396 g/mol. The summed E-state index contributed by atoms with van der Waals surface area (Å²) in [6.07, 6.45) is 3.54. The van der Waals surface area contributed by atoms with E-state index in [9.17, 15) is 9.59 Å². The number of fused-ring (bicyclic) bond motifs is 1. The number of aryl methyl sites for hydroxylation is 1. The molecule has 2 N–H and O–H groups in total. The van der Waals surface area contributed by atoms with Crippen LogP contribution in [0.3, 0.4) is 0 Å². The minimum atomic E-state index is -0.388. The number of benzene rings is 1. The van der Waals surface area contributed by atoms with Gasteiger partial charge in [-0.2, -0.15) is 0 Å². The van der Waals surface area contributed by atoms with Gasteiger partial charge in [-0.15, -0.1) is 0 Å². The van der Waals surface area contributed by atoms with Gasteiger partial charge in [-0.05, 0) is 50.6 Å². The van der Waals surface area contributed by atoms with Gasteiger partial charge in [0.1, 0.15) is 16.9 Å². The number of carbonyl (C=O) groups excluding carboxylic acids is 1. The summed E-state index contributed by atoms with van der Waals surface area (Å²) in [5.41, 5.74) is 1.10. The first-order valence-electron chi connectivity index (χ1n) is 9.71. The summed E-state index contributed by atoms with van der Waals surface area (Å²) in [4.78, 5) is 34.0. The van der Waals surface area contributed by atoms with Crippen molar-refractivity contribution in [3.8, 4) is 5.75 Å². The van der Waals surface area contributed by atoms with Gasteiger partial charge in [-0.1, -0.05) is 12.1 Å². The molecule has 0 spiro atoms. The van der Waals surface area contributed by atoms with E-state index in [0.29, 0.717) is 12.3 Å². The third kappa shape index (κ3) is 3.75. The predicted octanol–water partition coefficient (Wildman–Crippen LogP) is 2.40. The monoisotopic (exact) mass is 396 g/mol. The first-order valence-corrected chi connectivity index (χ1v) is 9.71. The molecule has 8 nitrogen and oxygen atoms in total. The molecule has 3 aromatic rings. The van der Waals surface area contributed by atoms with Gasteiger partial charge < -0.3 is 19.5 Å². The molecule has 1 saturated heterocycles. The fourth-order valence-corrected chi connectivity index (χ4v) is 3.96. The molecule has 8 heteroatoms. The molecule has 2 aromatic heterocycles. The Balaban J connectivity index is 1.60. The van der Waals surface area contributed by atoms with Gasteiger partial charge in [0.05, 0.1) is 25.0 Å². The smallest absolute Gasteiger partial charge is 0.262 e. The van der Waals surface area contributed by atoms with Crippen LogP contribution in [0.15, 0.2) is 39.8 Å². The Hall–Kier alpha value is -3.13. The number of aromatic nitrogens is 2. The van der Waals surface area contributed by atoms with E-state index in [-0.39, 0.29) is 34.2 Å². The number of hydrogen-bond acceptors (Lipinski definition) is 6. The molecule has 1 aliphatic heterocycles. The van der Waals surface area contributed by atoms with Gasteiger partial charge in [0.25, 0.3) is 11.5 Å². The first-order chi connectivity index (χ1) is 14.1. The van der Waals surface area contributed by atoms with Crippen molar-refractivity contribution >= 4 is 17.0 Å². The Morgan fingerprint density at radius 1 is 1.38 bits per heavy atom. The van der Waals surface area contributed by atoms with Crippen LogP contribution in [0.5, 0.6) is 5.75 Å². The van der Waals surface area contributed by atoms with Crippen LogP contribution in [0.25, 0.3) is 11.1 Å². The van der Waals surface area contributed by atoms with Crippen LogP contribution in [-0.2, 0) is 0 Å². The molecule has 0 radical (unpaired) electrons. The topological polar surface area (TPSA) is 100 Å². The van der Waals surface area contributed by atoms with Gasteiger partial charge >= 0.3 is 0 Å². The fourth-order valence-electron chi connectivity index (χ4n) is 3.96. The molecule has 0 saturated carbocycles. The SMILES string of the molecule is COc1cccc(C(CNC(=O)c2c(C)oc3nc[nH]c(=O)c23)N2CCCC2)c1. The van der Waals surface area contributed by atoms with Gasteiger partial charge in [0.2, 0.25) is 5.71 Å². The van der Waals surface area contributed by atoms with E-state index in [1.165, 1.54) is 6.33 Å². The lowest BCUT2D eigenvalue weighted by atomic mass is 10.0. The Bertz CT molecular complexity index is 1080. The Morgan fingerprint density at radius 2 is 2.17 bits per heavy atom. The molecule has 3 heterocycles. The first kappa shape index (κ1) is 19.2. The van der Waals surface area contributed by atoms with E-state index in [1.54, 1.807) is 14.0 Å². The van der Waals surface area contributed by atoms with Crippen LogP contribution in [-0.4, -0.2) is 47.5 Å². The lowest BCUT2D eigenvalue weighted by molar-refractivity contribution is 0.0937. The standard InChI is InChI=1S/C21H24N4O4/c1-13-17(18-20(27)23-12-24-21(18)29-13)19(26)22-11-16(25-8-3-4-9-25)14-6-5-7-15(10-14)28-2/h5-7,10,12,16H,3-4,8-9,11H2,1-2H3,(H,22,26)(H,23,24,27). The van der Waals surface area contributed by atoms with Crippen molar-refractivity contribution in [2.45, 2.75) is 25.8 Å². The minimum absolute atomic E-state index is 0.0198. The normalized spacial score (nSPS) is 15.5. The summed E-state index contributed by atoms with van der Waals surface area (Å²) in [5, 5.41) is 3.18. The fraction of sp³-hybridized carbons (Fsp3) is 0.381. The summed E-state index contributed by atoms with van der Waals surface area (Å²) in [5.74, 6) is 0.819. The largest absolute Gasteiger partial charge is 0.497 e. The number of nitrogens with one attached hydrogen (secondary N) is 2. The van der Waals surface area contributed by atoms with Gasteiger partial charge in [-0.3, -0.25) is 14.5 Å². The molecule has 1 amide bonds. The molecule has 0 aliphatic carbocycles. The van der Waals surface area contributed by atoms with Gasteiger partial charge in [0, 0.05) is 6.54 Å². The quantitative estimate of drug-likeness (QED) is 0.664. The van der Waals surface area contributed by atoms with E-state index in [4.69, 9.17) is 9.15 Å². The number of furan rings is 1. The maximum Gasteiger partial charge on any atom is 0.262 e.